The van der Waals surface area contributed by atoms with Gasteiger partial charge in [0.15, 0.2) is 11.5 Å². The fourth-order valence-electron chi connectivity index (χ4n) is 3.75. The van der Waals surface area contributed by atoms with E-state index < -0.39 is 17.2 Å². The van der Waals surface area contributed by atoms with Crippen LogP contribution in [0.5, 0.6) is 11.5 Å². The molecule has 4 rings (SSSR count). The Morgan fingerprint density at radius 2 is 1.74 bits per heavy atom. The third-order valence-electron chi connectivity index (χ3n) is 5.34. The van der Waals surface area contributed by atoms with Crippen LogP contribution in [0.4, 0.5) is 5.69 Å². The zero-order chi connectivity index (χ0) is 24.4. The maximum absolute atomic E-state index is 13.5. The molecule has 1 N–H and O–H groups in total. The topological polar surface area (TPSA) is 91.6 Å². The molecule has 0 spiro atoms. The zero-order valence-corrected chi connectivity index (χ0v) is 19.6. The Bertz CT molecular complexity index is 1520. The number of ether oxygens (including phenoxy) is 2. The number of carbonyl (C=O) groups is 1. The predicted molar refractivity (Wildman–Crippen MR) is 132 cm³/mol. The van der Waals surface area contributed by atoms with E-state index in [2.05, 4.69) is 5.32 Å². The Morgan fingerprint density at radius 3 is 2.44 bits per heavy atom. The van der Waals surface area contributed by atoms with Crippen LogP contribution in [0, 0.1) is 6.92 Å². The van der Waals surface area contributed by atoms with Crippen molar-refractivity contribution < 1.29 is 14.3 Å². The van der Waals surface area contributed by atoms with Gasteiger partial charge >= 0.3 is 5.69 Å². The average Bonchev–Trinajstić information content (AvgIpc) is 2.81. The number of hydrogen-bond donors (Lipinski definition) is 1. The van der Waals surface area contributed by atoms with Crippen LogP contribution in [-0.2, 0) is 11.3 Å². The van der Waals surface area contributed by atoms with Crippen molar-refractivity contribution >= 4 is 34.1 Å². The molecule has 1 aromatic heterocycles. The predicted octanol–water partition coefficient (Wildman–Crippen LogP) is 3.77. The Labute approximate surface area is 199 Å². The molecule has 8 nitrogen and oxygen atoms in total. The molecule has 0 atom stereocenters. The number of nitrogens with one attached hydrogen (secondary N) is 1. The van der Waals surface area contributed by atoms with Crippen molar-refractivity contribution in [2.75, 3.05) is 19.5 Å². The summed E-state index contributed by atoms with van der Waals surface area (Å²) >= 11 is 6.15. The van der Waals surface area contributed by atoms with Gasteiger partial charge in [0.05, 0.1) is 30.8 Å². The van der Waals surface area contributed by atoms with Gasteiger partial charge in [-0.2, -0.15) is 0 Å². The lowest BCUT2D eigenvalue weighted by atomic mass is 10.2. The number of anilines is 1. The van der Waals surface area contributed by atoms with Crippen LogP contribution >= 0.6 is 11.6 Å². The van der Waals surface area contributed by atoms with Crippen LogP contribution in [0.1, 0.15) is 5.56 Å². The van der Waals surface area contributed by atoms with E-state index in [0.29, 0.717) is 27.9 Å². The Hall–Kier alpha value is -4.04. The fourth-order valence-corrected chi connectivity index (χ4v) is 3.91. The van der Waals surface area contributed by atoms with Gasteiger partial charge in [-0.3, -0.25) is 14.2 Å². The highest BCUT2D eigenvalue weighted by Gasteiger charge is 2.18. The summed E-state index contributed by atoms with van der Waals surface area (Å²) in [4.78, 5) is 39.6. The van der Waals surface area contributed by atoms with E-state index in [9.17, 15) is 14.4 Å². The van der Waals surface area contributed by atoms with E-state index in [0.717, 1.165) is 10.1 Å². The fraction of sp³-hybridized carbons (Fsp3) is 0.160. The number of fused-ring (bicyclic) bond motifs is 1. The van der Waals surface area contributed by atoms with Crippen LogP contribution in [0.15, 0.2) is 70.3 Å². The molecule has 0 aliphatic heterocycles. The largest absolute Gasteiger partial charge is 0.493 e. The van der Waals surface area contributed by atoms with Gasteiger partial charge in [0, 0.05) is 16.8 Å². The number of rotatable bonds is 6. The molecule has 9 heteroatoms. The van der Waals surface area contributed by atoms with Crippen molar-refractivity contribution in [1.82, 2.24) is 9.13 Å². The van der Waals surface area contributed by atoms with Crippen molar-refractivity contribution in [1.29, 1.82) is 0 Å². The summed E-state index contributed by atoms with van der Waals surface area (Å²) in [7, 11) is 3.01. The Balaban J connectivity index is 1.80. The van der Waals surface area contributed by atoms with Crippen LogP contribution in [0.25, 0.3) is 16.6 Å². The van der Waals surface area contributed by atoms with Gasteiger partial charge in [-0.25, -0.2) is 9.36 Å². The number of amides is 1. The van der Waals surface area contributed by atoms with Gasteiger partial charge in [-0.1, -0.05) is 23.7 Å². The first-order valence-corrected chi connectivity index (χ1v) is 10.7. The van der Waals surface area contributed by atoms with E-state index in [1.54, 1.807) is 48.5 Å². The van der Waals surface area contributed by atoms with E-state index >= 15 is 0 Å². The van der Waals surface area contributed by atoms with Crippen molar-refractivity contribution in [2.24, 2.45) is 0 Å². The smallest absolute Gasteiger partial charge is 0.336 e. The van der Waals surface area contributed by atoms with Gasteiger partial charge < -0.3 is 14.8 Å². The van der Waals surface area contributed by atoms with E-state index in [1.807, 2.05) is 13.0 Å². The minimum atomic E-state index is -0.646. The van der Waals surface area contributed by atoms with Gasteiger partial charge in [0.1, 0.15) is 6.54 Å². The molecule has 174 valence electrons. The van der Waals surface area contributed by atoms with Gasteiger partial charge in [0.2, 0.25) is 5.91 Å². The first-order chi connectivity index (χ1) is 16.3. The quantitative estimate of drug-likeness (QED) is 0.454. The van der Waals surface area contributed by atoms with Crippen LogP contribution < -0.4 is 26.0 Å². The molecule has 4 aromatic rings. The lowest BCUT2D eigenvalue weighted by Gasteiger charge is -2.15. The molecule has 0 fully saturated rings. The van der Waals surface area contributed by atoms with E-state index in [-0.39, 0.29) is 17.4 Å². The molecule has 0 unspecified atom stereocenters. The van der Waals surface area contributed by atoms with Gasteiger partial charge in [-0.05, 0) is 55.0 Å². The number of aryl methyl sites for hydroxylation is 1. The minimum absolute atomic E-state index is 0.268. The van der Waals surface area contributed by atoms with Crippen molar-refractivity contribution in [2.45, 2.75) is 13.5 Å². The summed E-state index contributed by atoms with van der Waals surface area (Å²) in [6.07, 6.45) is 0. The first kappa shape index (κ1) is 23.1. The lowest BCUT2D eigenvalue weighted by Crippen LogP contribution is -2.40. The molecule has 0 aliphatic rings. The summed E-state index contributed by atoms with van der Waals surface area (Å²) in [6, 6.07) is 16.6. The molecule has 34 heavy (non-hydrogen) atoms. The number of halogens is 1. The van der Waals surface area contributed by atoms with E-state index in [1.165, 1.54) is 24.9 Å². The van der Waals surface area contributed by atoms with Crippen molar-refractivity contribution in [3.05, 3.63) is 92.1 Å². The number of aromatic nitrogens is 2. The molecular formula is C25H22ClN3O5. The SMILES string of the molecule is COc1ccc(NC(=O)Cn2c(=O)n(-c3cccc(C)c3)c(=O)c3ccc(Cl)cc32)cc1OC. The second-order valence-corrected chi connectivity index (χ2v) is 8.06. The minimum Gasteiger partial charge on any atom is -0.493 e. The molecule has 0 aliphatic carbocycles. The number of hydrogen-bond acceptors (Lipinski definition) is 5. The molecular weight excluding hydrogens is 458 g/mol. The second kappa shape index (κ2) is 9.44. The zero-order valence-electron chi connectivity index (χ0n) is 18.8. The monoisotopic (exact) mass is 479 g/mol. The number of benzene rings is 3. The summed E-state index contributed by atoms with van der Waals surface area (Å²) < 4.78 is 12.8. The highest BCUT2D eigenvalue weighted by Crippen LogP contribution is 2.29. The number of carbonyl (C=O) groups excluding carboxylic acids is 1. The Kier molecular flexibility index (Phi) is 6.43. The second-order valence-electron chi connectivity index (χ2n) is 7.63. The highest BCUT2D eigenvalue weighted by atomic mass is 35.5. The normalized spacial score (nSPS) is 10.8. The molecule has 1 heterocycles. The van der Waals surface area contributed by atoms with Crippen LogP contribution in [0.3, 0.4) is 0 Å². The van der Waals surface area contributed by atoms with Crippen molar-refractivity contribution in [3.8, 4) is 17.2 Å². The van der Waals surface area contributed by atoms with Gasteiger partial charge in [-0.15, -0.1) is 0 Å². The first-order valence-electron chi connectivity index (χ1n) is 10.4. The Morgan fingerprint density at radius 1 is 0.971 bits per heavy atom. The molecule has 0 radical (unpaired) electrons. The molecule has 1 amide bonds. The third-order valence-corrected chi connectivity index (χ3v) is 5.57. The van der Waals surface area contributed by atoms with Crippen LogP contribution in [0.2, 0.25) is 5.02 Å². The molecule has 0 saturated heterocycles. The number of methoxy groups -OCH3 is 2. The highest BCUT2D eigenvalue weighted by molar-refractivity contribution is 6.31. The summed E-state index contributed by atoms with van der Waals surface area (Å²) in [6.45, 7) is 1.53. The van der Waals surface area contributed by atoms with Crippen LogP contribution in [-0.4, -0.2) is 29.3 Å². The molecule has 0 bridgehead atoms. The summed E-state index contributed by atoms with van der Waals surface area (Å²) in [5.74, 6) is 0.496. The summed E-state index contributed by atoms with van der Waals surface area (Å²) in [5.41, 5.74) is 0.907. The maximum Gasteiger partial charge on any atom is 0.336 e. The summed E-state index contributed by atoms with van der Waals surface area (Å²) in [5, 5.41) is 3.36. The molecule has 3 aromatic carbocycles. The lowest BCUT2D eigenvalue weighted by molar-refractivity contribution is -0.116. The van der Waals surface area contributed by atoms with Gasteiger partial charge in [0.25, 0.3) is 5.56 Å². The maximum atomic E-state index is 13.5. The average molecular weight is 480 g/mol. The standard InChI is InChI=1S/C25H22ClN3O5/c1-15-5-4-6-18(11-15)29-24(31)19-9-7-16(26)12-20(19)28(25(29)32)14-23(30)27-17-8-10-21(33-2)22(13-17)34-3/h4-13H,14H2,1-3H3,(H,27,30). The third kappa shape index (κ3) is 4.40. The molecule has 0 saturated carbocycles. The number of nitrogens with zero attached hydrogens (tertiary/aromatic N) is 2. The van der Waals surface area contributed by atoms with E-state index in [4.69, 9.17) is 21.1 Å². The van der Waals surface area contributed by atoms with Crippen molar-refractivity contribution in [3.63, 3.8) is 0 Å².